The van der Waals surface area contributed by atoms with E-state index in [-0.39, 0.29) is 0 Å². The van der Waals surface area contributed by atoms with Crippen molar-refractivity contribution in [2.45, 2.75) is 18.4 Å². The summed E-state index contributed by atoms with van der Waals surface area (Å²) < 4.78 is 4.10. The van der Waals surface area contributed by atoms with Gasteiger partial charge in [-0.15, -0.1) is 0 Å². The number of ether oxygens (including phenoxy) is 1. The highest BCUT2D eigenvalue weighted by Crippen LogP contribution is 2.17. The van der Waals surface area contributed by atoms with Crippen LogP contribution in [0, 0.1) is 0 Å². The van der Waals surface area contributed by atoms with Gasteiger partial charge in [-0.05, 0) is 0 Å². The maximum Gasteiger partial charge on any atom is 0.339 e. The van der Waals surface area contributed by atoms with E-state index in [2.05, 4.69) is 4.74 Å². The molecule has 0 rings (SSSR count). The van der Waals surface area contributed by atoms with Gasteiger partial charge in [-0.25, -0.2) is 4.79 Å². The Morgan fingerprint density at radius 2 is 1.50 bits per heavy atom. The van der Waals surface area contributed by atoms with Crippen molar-refractivity contribution in [2.24, 2.45) is 0 Å². The summed E-state index contributed by atoms with van der Waals surface area (Å²) in [5, 5.41) is 26.1. The Kier molecular flexibility index (Phi) is 4.03. The van der Waals surface area contributed by atoms with E-state index < -0.39 is 36.4 Å². The topological polar surface area (TPSA) is 121 Å². The van der Waals surface area contributed by atoms with Gasteiger partial charge in [-0.3, -0.25) is 9.59 Å². The number of carboxylic acid groups (broad SMARTS) is 2. The standard InChI is InChI=1S/C7H10O7/c1-14-6(12)7(13,2-4(8)9)3-5(10)11/h13H,2-3H2,1H3,(H,8,9)(H,10,11). The highest BCUT2D eigenvalue weighted by atomic mass is 16.5. The molecule has 0 aromatic heterocycles. The Labute approximate surface area is 78.9 Å². The first-order chi connectivity index (χ1) is 6.31. The monoisotopic (exact) mass is 206 g/mol. The summed E-state index contributed by atoms with van der Waals surface area (Å²) in [6.07, 6.45) is -2.02. The van der Waals surface area contributed by atoms with E-state index >= 15 is 0 Å². The molecular formula is C7H10O7. The molecule has 0 radical (unpaired) electrons. The number of esters is 1. The number of hydrogen-bond acceptors (Lipinski definition) is 5. The van der Waals surface area contributed by atoms with Crippen LogP contribution in [0.2, 0.25) is 0 Å². The second-order valence-electron chi connectivity index (χ2n) is 2.66. The van der Waals surface area contributed by atoms with Crippen molar-refractivity contribution in [1.29, 1.82) is 0 Å². The van der Waals surface area contributed by atoms with E-state index in [0.717, 1.165) is 7.11 Å². The fourth-order valence-electron chi connectivity index (χ4n) is 0.897. The zero-order chi connectivity index (χ0) is 11.4. The van der Waals surface area contributed by atoms with Crippen LogP contribution in [0.15, 0.2) is 0 Å². The lowest BCUT2D eigenvalue weighted by atomic mass is 9.96. The Morgan fingerprint density at radius 1 is 1.14 bits per heavy atom. The molecule has 0 unspecified atom stereocenters. The summed E-state index contributed by atoms with van der Waals surface area (Å²) in [6.45, 7) is 0. The molecule has 0 aliphatic carbocycles. The van der Waals surface area contributed by atoms with Gasteiger partial charge >= 0.3 is 17.9 Å². The van der Waals surface area contributed by atoms with Crippen molar-refractivity contribution in [2.75, 3.05) is 7.11 Å². The number of carbonyl (C=O) groups excluding carboxylic acids is 1. The number of rotatable bonds is 5. The van der Waals surface area contributed by atoms with E-state index in [4.69, 9.17) is 10.2 Å². The normalized spacial score (nSPS) is 10.7. The van der Waals surface area contributed by atoms with E-state index in [1.807, 2.05) is 0 Å². The summed E-state index contributed by atoms with van der Waals surface area (Å²) in [7, 11) is 0.928. The molecule has 0 saturated carbocycles. The van der Waals surface area contributed by atoms with Gasteiger partial charge in [0.25, 0.3) is 0 Å². The predicted molar refractivity (Wildman–Crippen MR) is 41.5 cm³/mol. The fraction of sp³-hybridized carbons (Fsp3) is 0.571. The van der Waals surface area contributed by atoms with E-state index in [0.29, 0.717) is 0 Å². The van der Waals surface area contributed by atoms with Crippen LogP contribution in [0.4, 0.5) is 0 Å². The van der Waals surface area contributed by atoms with Gasteiger partial charge in [-0.1, -0.05) is 0 Å². The molecule has 0 aromatic rings. The number of methoxy groups -OCH3 is 1. The highest BCUT2D eigenvalue weighted by Gasteiger charge is 2.41. The Morgan fingerprint density at radius 3 is 1.71 bits per heavy atom. The minimum Gasteiger partial charge on any atom is -0.481 e. The van der Waals surface area contributed by atoms with Crippen LogP contribution < -0.4 is 0 Å². The van der Waals surface area contributed by atoms with Gasteiger partial charge in [0.15, 0.2) is 5.60 Å². The van der Waals surface area contributed by atoms with Crippen molar-refractivity contribution in [3.63, 3.8) is 0 Å². The van der Waals surface area contributed by atoms with Crippen molar-refractivity contribution >= 4 is 17.9 Å². The smallest absolute Gasteiger partial charge is 0.339 e. The Bertz CT molecular complexity index is 241. The molecule has 0 amide bonds. The third-order valence-electron chi connectivity index (χ3n) is 1.45. The van der Waals surface area contributed by atoms with E-state index in [9.17, 15) is 19.5 Å². The molecule has 0 heterocycles. The van der Waals surface area contributed by atoms with Crippen LogP contribution in [-0.2, 0) is 19.1 Å². The minimum absolute atomic E-state index is 0.928. The van der Waals surface area contributed by atoms with Crippen LogP contribution in [0.3, 0.4) is 0 Å². The lowest BCUT2D eigenvalue weighted by Gasteiger charge is -2.20. The average Bonchev–Trinajstić information content (AvgIpc) is 1.99. The summed E-state index contributed by atoms with van der Waals surface area (Å²) >= 11 is 0. The van der Waals surface area contributed by atoms with E-state index in [1.54, 1.807) is 0 Å². The van der Waals surface area contributed by atoms with Crippen LogP contribution in [0.1, 0.15) is 12.8 Å². The largest absolute Gasteiger partial charge is 0.481 e. The quantitative estimate of drug-likeness (QED) is 0.485. The summed E-state index contributed by atoms with van der Waals surface area (Å²) in [5.41, 5.74) is -2.51. The number of aliphatic carboxylic acids is 2. The van der Waals surface area contributed by atoms with Crippen LogP contribution in [0.25, 0.3) is 0 Å². The third-order valence-corrected chi connectivity index (χ3v) is 1.45. The molecule has 0 aliphatic heterocycles. The Hall–Kier alpha value is -1.63. The van der Waals surface area contributed by atoms with Crippen molar-refractivity contribution in [1.82, 2.24) is 0 Å². The second kappa shape index (κ2) is 4.56. The van der Waals surface area contributed by atoms with E-state index in [1.165, 1.54) is 0 Å². The van der Waals surface area contributed by atoms with Gasteiger partial charge in [0, 0.05) is 0 Å². The first-order valence-electron chi connectivity index (χ1n) is 3.56. The van der Waals surface area contributed by atoms with Gasteiger partial charge in [-0.2, -0.15) is 0 Å². The van der Waals surface area contributed by atoms with Crippen LogP contribution >= 0.6 is 0 Å². The lowest BCUT2D eigenvalue weighted by Crippen LogP contribution is -2.43. The zero-order valence-electron chi connectivity index (χ0n) is 7.39. The Balaban J connectivity index is 4.74. The minimum atomic E-state index is -2.51. The summed E-state index contributed by atoms with van der Waals surface area (Å²) in [6, 6.07) is 0. The molecule has 3 N–H and O–H groups in total. The molecule has 0 saturated heterocycles. The lowest BCUT2D eigenvalue weighted by molar-refractivity contribution is -0.173. The van der Waals surface area contributed by atoms with Crippen molar-refractivity contribution < 1.29 is 34.4 Å². The van der Waals surface area contributed by atoms with Crippen LogP contribution in [-0.4, -0.2) is 45.9 Å². The van der Waals surface area contributed by atoms with Crippen LogP contribution in [0.5, 0.6) is 0 Å². The highest BCUT2D eigenvalue weighted by molar-refractivity contribution is 5.89. The molecule has 7 heteroatoms. The third kappa shape index (κ3) is 3.40. The van der Waals surface area contributed by atoms with Gasteiger partial charge in [0.2, 0.25) is 0 Å². The maximum atomic E-state index is 10.9. The molecule has 0 aliphatic rings. The maximum absolute atomic E-state index is 10.9. The molecule has 0 fully saturated rings. The molecular weight excluding hydrogens is 196 g/mol. The molecule has 0 atom stereocenters. The molecule has 7 nitrogen and oxygen atoms in total. The fourth-order valence-corrected chi connectivity index (χ4v) is 0.897. The molecule has 80 valence electrons. The van der Waals surface area contributed by atoms with Crippen molar-refractivity contribution in [3.8, 4) is 0 Å². The number of carboxylic acids is 2. The number of carbonyl (C=O) groups is 3. The van der Waals surface area contributed by atoms with Gasteiger partial charge in [0.1, 0.15) is 0 Å². The molecule has 0 aromatic carbocycles. The number of aliphatic hydroxyl groups is 1. The van der Waals surface area contributed by atoms with Gasteiger partial charge < -0.3 is 20.1 Å². The molecule has 0 bridgehead atoms. The molecule has 0 spiro atoms. The zero-order valence-corrected chi connectivity index (χ0v) is 7.39. The SMILES string of the molecule is COC(=O)C(O)(CC(=O)O)CC(=O)O. The predicted octanol–water partition coefficient (Wildman–Crippen LogP) is -1.16. The first-order valence-corrected chi connectivity index (χ1v) is 3.56. The average molecular weight is 206 g/mol. The molecule has 14 heavy (non-hydrogen) atoms. The first kappa shape index (κ1) is 12.4. The van der Waals surface area contributed by atoms with Gasteiger partial charge in [0.05, 0.1) is 20.0 Å². The second-order valence-corrected chi connectivity index (χ2v) is 2.66. The number of hydrogen-bond donors (Lipinski definition) is 3. The van der Waals surface area contributed by atoms with Crippen molar-refractivity contribution in [3.05, 3.63) is 0 Å². The summed E-state index contributed by atoms with van der Waals surface area (Å²) in [5.74, 6) is -4.25. The summed E-state index contributed by atoms with van der Waals surface area (Å²) in [4.78, 5) is 31.4.